The highest BCUT2D eigenvalue weighted by atomic mass is 79.9. The largest absolute Gasteiger partial charge is 0.335 e. The molecule has 1 unspecified atom stereocenters. The third-order valence-corrected chi connectivity index (χ3v) is 7.05. The van der Waals surface area contributed by atoms with Crippen molar-refractivity contribution in [1.29, 1.82) is 0 Å². The topological polar surface area (TPSA) is 15.6 Å². The van der Waals surface area contributed by atoms with E-state index in [1.165, 1.54) is 18.7 Å². The maximum atomic E-state index is 4.60. The van der Waals surface area contributed by atoms with Crippen LogP contribution in [-0.2, 0) is 0 Å². The van der Waals surface area contributed by atoms with Gasteiger partial charge < -0.3 is 4.90 Å². The second kappa shape index (κ2) is 4.42. The van der Waals surface area contributed by atoms with Gasteiger partial charge in [-0.1, -0.05) is 15.9 Å². The van der Waals surface area contributed by atoms with Crippen LogP contribution in [0.3, 0.4) is 0 Å². The van der Waals surface area contributed by atoms with Crippen molar-refractivity contribution >= 4 is 53.6 Å². The lowest BCUT2D eigenvalue weighted by molar-refractivity contribution is 0.356. The van der Waals surface area contributed by atoms with Crippen LogP contribution in [-0.4, -0.2) is 32.0 Å². The molecule has 0 N–H and O–H groups in total. The van der Waals surface area contributed by atoms with Crippen molar-refractivity contribution in [2.24, 2.45) is 4.99 Å². The second-order valence-corrected chi connectivity index (χ2v) is 8.34. The fourth-order valence-electron chi connectivity index (χ4n) is 1.97. The van der Waals surface area contributed by atoms with Gasteiger partial charge in [0.15, 0.2) is 3.36 Å². The van der Waals surface area contributed by atoms with E-state index >= 15 is 0 Å². The zero-order valence-electron chi connectivity index (χ0n) is 7.85. The summed E-state index contributed by atoms with van der Waals surface area (Å²) in [6.07, 6.45) is 4.65. The highest BCUT2D eigenvalue weighted by Gasteiger charge is 2.42. The average molecular weight is 389 g/mol. The fourth-order valence-corrected chi connectivity index (χ4v) is 3.76. The Morgan fingerprint density at radius 2 is 2.14 bits per heavy atom. The zero-order chi connectivity index (χ0) is 10.2. The van der Waals surface area contributed by atoms with Crippen molar-refractivity contribution in [2.45, 2.75) is 33.9 Å². The molecule has 2 aliphatic heterocycles. The molecule has 0 aromatic heterocycles. The van der Waals surface area contributed by atoms with Gasteiger partial charge in [-0.15, -0.1) is 0 Å². The number of alkyl halides is 3. The van der Waals surface area contributed by atoms with Gasteiger partial charge in [0, 0.05) is 19.5 Å². The summed E-state index contributed by atoms with van der Waals surface area (Å²) < 4.78 is -0.143. The molecule has 1 atom stereocenters. The first-order valence-electron chi connectivity index (χ1n) is 4.95. The molecule has 0 spiro atoms. The molecule has 0 aromatic carbocycles. The Hall–Kier alpha value is 0.910. The molecule has 0 aliphatic carbocycles. The summed E-state index contributed by atoms with van der Waals surface area (Å²) in [6, 6.07) is 0. The van der Waals surface area contributed by atoms with Gasteiger partial charge in [0.2, 0.25) is 0 Å². The van der Waals surface area contributed by atoms with E-state index in [0.29, 0.717) is 4.83 Å². The number of rotatable bonds is 0. The third kappa shape index (κ3) is 2.05. The van der Waals surface area contributed by atoms with Crippen molar-refractivity contribution < 1.29 is 0 Å². The molecule has 1 saturated heterocycles. The monoisotopic (exact) mass is 386 g/mol. The molecule has 2 nitrogen and oxygen atoms in total. The smallest absolute Gasteiger partial charge is 0.164 e. The van der Waals surface area contributed by atoms with E-state index in [1.807, 2.05) is 0 Å². The molecule has 2 aliphatic rings. The molecule has 0 amide bonds. The minimum atomic E-state index is -0.143. The molecule has 0 radical (unpaired) electrons. The molecular weight excluding hydrogens is 376 g/mol. The van der Waals surface area contributed by atoms with Gasteiger partial charge in [-0.3, -0.25) is 4.99 Å². The molecule has 2 rings (SSSR count). The normalized spacial score (nSPS) is 31.8. The van der Waals surface area contributed by atoms with Crippen LogP contribution >= 0.6 is 47.8 Å². The number of fused-ring (bicyclic) bond motifs is 1. The predicted molar refractivity (Wildman–Crippen MR) is 70.8 cm³/mol. The lowest BCUT2D eigenvalue weighted by atomic mass is 10.2. The number of hydrogen-bond donors (Lipinski definition) is 0. The summed E-state index contributed by atoms with van der Waals surface area (Å²) >= 11 is 11.3. The fraction of sp³-hybridized carbons (Fsp3) is 0.889. The van der Waals surface area contributed by atoms with Gasteiger partial charge in [0.1, 0.15) is 5.84 Å². The third-order valence-electron chi connectivity index (χ3n) is 2.74. The van der Waals surface area contributed by atoms with Crippen LogP contribution in [0.15, 0.2) is 4.99 Å². The van der Waals surface area contributed by atoms with Crippen molar-refractivity contribution in [3.05, 3.63) is 0 Å². The van der Waals surface area contributed by atoms with Gasteiger partial charge in [0.05, 0.1) is 4.83 Å². The maximum Gasteiger partial charge on any atom is 0.164 e. The zero-order valence-corrected chi connectivity index (χ0v) is 12.6. The Morgan fingerprint density at radius 1 is 1.36 bits per heavy atom. The summed E-state index contributed by atoms with van der Waals surface area (Å²) in [7, 11) is 0. The molecule has 2 heterocycles. The average Bonchev–Trinajstić information content (AvgIpc) is 2.27. The number of nitrogens with zero attached hydrogens (tertiary/aromatic N) is 2. The Morgan fingerprint density at radius 3 is 2.93 bits per heavy atom. The van der Waals surface area contributed by atoms with Crippen molar-refractivity contribution in [3.63, 3.8) is 0 Å². The first-order chi connectivity index (χ1) is 6.62. The van der Waals surface area contributed by atoms with Crippen molar-refractivity contribution in [2.75, 3.05) is 13.1 Å². The summed E-state index contributed by atoms with van der Waals surface area (Å²) in [6.45, 7) is 2.09. The highest BCUT2D eigenvalue weighted by Crippen LogP contribution is 2.44. The number of halogens is 3. The van der Waals surface area contributed by atoms with E-state index in [1.54, 1.807) is 0 Å². The summed E-state index contributed by atoms with van der Waals surface area (Å²) in [4.78, 5) is 7.38. The highest BCUT2D eigenvalue weighted by molar-refractivity contribution is 9.26. The molecule has 0 saturated carbocycles. The lowest BCUT2D eigenvalue weighted by Crippen LogP contribution is -2.49. The van der Waals surface area contributed by atoms with Gasteiger partial charge >= 0.3 is 0 Å². The van der Waals surface area contributed by atoms with Crippen LogP contribution in [0.4, 0.5) is 0 Å². The first-order valence-corrected chi connectivity index (χ1v) is 7.45. The maximum absolute atomic E-state index is 4.60. The van der Waals surface area contributed by atoms with E-state index in [4.69, 9.17) is 0 Å². The molecule has 14 heavy (non-hydrogen) atoms. The number of hydrogen-bond acceptors (Lipinski definition) is 2. The van der Waals surface area contributed by atoms with Crippen LogP contribution in [0.25, 0.3) is 0 Å². The number of aliphatic imine (C=N–C) groups is 1. The van der Waals surface area contributed by atoms with E-state index in [9.17, 15) is 0 Å². The van der Waals surface area contributed by atoms with Gasteiger partial charge in [-0.05, 0) is 51.1 Å². The van der Waals surface area contributed by atoms with E-state index in [2.05, 4.69) is 57.7 Å². The summed E-state index contributed by atoms with van der Waals surface area (Å²) in [5, 5.41) is 0. The van der Waals surface area contributed by atoms with E-state index < -0.39 is 0 Å². The molecule has 80 valence electrons. The minimum Gasteiger partial charge on any atom is -0.335 e. The predicted octanol–water partition coefficient (Wildman–Crippen LogP) is 3.48. The van der Waals surface area contributed by atoms with Crippen molar-refractivity contribution in [1.82, 2.24) is 4.90 Å². The van der Waals surface area contributed by atoms with Crippen molar-refractivity contribution in [3.8, 4) is 0 Å². The van der Waals surface area contributed by atoms with Crippen LogP contribution in [0.1, 0.15) is 25.7 Å². The molecule has 0 bridgehead atoms. The van der Waals surface area contributed by atoms with Crippen LogP contribution in [0, 0.1) is 0 Å². The second-order valence-electron chi connectivity index (χ2n) is 3.75. The SMILES string of the molecule is BrC1CCCC2=NCCCN2C1(Br)Br. The van der Waals surface area contributed by atoms with Gasteiger partial charge in [0.25, 0.3) is 0 Å². The number of amidine groups is 1. The molecule has 5 heteroatoms. The van der Waals surface area contributed by atoms with Gasteiger partial charge in [-0.25, -0.2) is 0 Å². The minimum absolute atomic E-state index is 0.143. The molecule has 0 aromatic rings. The molecular formula is C9H13Br3N2. The quantitative estimate of drug-likeness (QED) is 0.458. The Labute approximate surface area is 110 Å². The standard InChI is InChI=1S/C9H13Br3N2/c10-7-3-1-4-8-13-5-2-6-14(8)9(7,11)12/h7H,1-6H2. The van der Waals surface area contributed by atoms with E-state index in [0.717, 1.165) is 25.9 Å². The van der Waals surface area contributed by atoms with Crippen LogP contribution < -0.4 is 0 Å². The van der Waals surface area contributed by atoms with Gasteiger partial charge in [-0.2, -0.15) is 0 Å². The Kier molecular flexibility index (Phi) is 3.60. The summed E-state index contributed by atoms with van der Waals surface area (Å²) in [5.41, 5.74) is 0. The summed E-state index contributed by atoms with van der Waals surface area (Å²) in [5.74, 6) is 1.26. The first kappa shape index (κ1) is 11.4. The Bertz CT molecular complexity index is 252. The lowest BCUT2D eigenvalue weighted by Gasteiger charge is -2.40. The van der Waals surface area contributed by atoms with Crippen LogP contribution in [0.2, 0.25) is 0 Å². The van der Waals surface area contributed by atoms with E-state index in [-0.39, 0.29) is 3.36 Å². The molecule has 1 fully saturated rings. The van der Waals surface area contributed by atoms with Crippen LogP contribution in [0.5, 0.6) is 0 Å². The Balaban J connectivity index is 2.28.